The fraction of sp³-hybridized carbons (Fsp3) is 0.194. The summed E-state index contributed by atoms with van der Waals surface area (Å²) in [6.07, 6.45) is 0. The van der Waals surface area contributed by atoms with Crippen LogP contribution in [0.4, 0.5) is 4.39 Å². The van der Waals surface area contributed by atoms with Gasteiger partial charge in [-0.05, 0) is 65.7 Å². The molecule has 2 N–H and O–H groups in total. The number of rotatable bonds is 7. The average Bonchev–Trinajstić information content (AvgIpc) is 3.73. The van der Waals surface area contributed by atoms with Crippen LogP contribution in [-0.4, -0.2) is 42.4 Å². The summed E-state index contributed by atoms with van der Waals surface area (Å²) in [6.45, 7) is 0.0157. The number of hydrogen-bond acceptors (Lipinski definition) is 7. The molecule has 1 aromatic heterocycles. The number of likely N-dealkylation sites (tertiary alicyclic amines) is 1. The summed E-state index contributed by atoms with van der Waals surface area (Å²) in [7, 11) is 1.50. The highest BCUT2D eigenvalue weighted by Crippen LogP contribution is 2.53. The molecule has 0 radical (unpaired) electrons. The van der Waals surface area contributed by atoms with E-state index in [1.165, 1.54) is 30.2 Å². The molecular weight excluding hydrogens is 583 g/mol. The first-order valence-corrected chi connectivity index (χ1v) is 14.2. The second kappa shape index (κ2) is 11.1. The monoisotopic (exact) mass is 606 g/mol. The Bertz CT molecular complexity index is 1710. The van der Waals surface area contributed by atoms with Gasteiger partial charge in [-0.2, -0.15) is 0 Å². The van der Waals surface area contributed by atoms with Gasteiger partial charge in [-0.3, -0.25) is 14.4 Å². The molecular formula is C31H24ClFN2O6S. The summed E-state index contributed by atoms with van der Waals surface area (Å²) in [5.41, 5.74) is 7.14. The number of halogens is 2. The number of thiophene rings is 1. The van der Waals surface area contributed by atoms with Crippen molar-refractivity contribution in [2.75, 3.05) is 13.9 Å². The van der Waals surface area contributed by atoms with Gasteiger partial charge in [0.25, 0.3) is 5.91 Å². The number of nitrogens with two attached hydrogens (primary N) is 1. The van der Waals surface area contributed by atoms with Gasteiger partial charge in [0.05, 0.1) is 28.3 Å². The number of ether oxygens (including phenoxy) is 3. The molecule has 42 heavy (non-hydrogen) atoms. The Morgan fingerprint density at radius 3 is 2.48 bits per heavy atom. The molecule has 6 rings (SSSR count). The normalized spacial score (nSPS) is 20.9. The third-order valence-corrected chi connectivity index (χ3v) is 8.85. The second-order valence-corrected chi connectivity index (χ2v) is 11.6. The maximum atomic E-state index is 14.5. The quantitative estimate of drug-likeness (QED) is 0.274. The van der Waals surface area contributed by atoms with E-state index in [9.17, 15) is 18.8 Å². The highest BCUT2D eigenvalue weighted by molar-refractivity contribution is 7.18. The van der Waals surface area contributed by atoms with Gasteiger partial charge in [0, 0.05) is 11.5 Å². The van der Waals surface area contributed by atoms with E-state index < -0.39 is 41.6 Å². The van der Waals surface area contributed by atoms with Crippen molar-refractivity contribution in [3.63, 3.8) is 0 Å². The molecule has 1 saturated heterocycles. The lowest BCUT2D eigenvalue weighted by atomic mass is 9.77. The minimum Gasteiger partial charge on any atom is -0.497 e. The topological polar surface area (TPSA) is 108 Å². The van der Waals surface area contributed by atoms with Crippen LogP contribution in [0, 0.1) is 11.7 Å². The van der Waals surface area contributed by atoms with E-state index in [1.54, 1.807) is 54.6 Å². The second-order valence-electron chi connectivity index (χ2n) is 9.92. The summed E-state index contributed by atoms with van der Waals surface area (Å²) >= 11 is 7.32. The first-order valence-electron chi connectivity index (χ1n) is 13.0. The zero-order valence-electron chi connectivity index (χ0n) is 22.2. The van der Waals surface area contributed by atoms with Crippen molar-refractivity contribution in [1.29, 1.82) is 0 Å². The van der Waals surface area contributed by atoms with Crippen molar-refractivity contribution >= 4 is 40.5 Å². The van der Waals surface area contributed by atoms with Crippen LogP contribution in [0.2, 0.25) is 4.34 Å². The molecule has 1 fully saturated rings. The van der Waals surface area contributed by atoms with Crippen molar-refractivity contribution < 1.29 is 33.0 Å². The molecule has 0 spiro atoms. The number of carbonyl (C=O) groups is 3. The van der Waals surface area contributed by atoms with Crippen LogP contribution in [-0.2, 0) is 4.79 Å². The van der Waals surface area contributed by atoms with Gasteiger partial charge >= 0.3 is 0 Å². The number of methoxy groups -OCH3 is 1. The van der Waals surface area contributed by atoms with E-state index in [-0.39, 0.29) is 18.1 Å². The number of carbonyl (C=O) groups excluding carboxylic acids is 3. The highest BCUT2D eigenvalue weighted by atomic mass is 35.5. The number of ketones is 1. The summed E-state index contributed by atoms with van der Waals surface area (Å²) in [6, 6.07) is 18.2. The Morgan fingerprint density at radius 2 is 1.76 bits per heavy atom. The molecule has 4 unspecified atom stereocenters. The highest BCUT2D eigenvalue weighted by Gasteiger charge is 2.57. The van der Waals surface area contributed by atoms with Crippen LogP contribution in [0.3, 0.4) is 0 Å². The number of amides is 2. The number of benzene rings is 3. The van der Waals surface area contributed by atoms with Gasteiger partial charge in [-0.25, -0.2) is 4.39 Å². The van der Waals surface area contributed by atoms with Crippen molar-refractivity contribution in [2.45, 2.75) is 18.0 Å². The zero-order chi connectivity index (χ0) is 29.5. The lowest BCUT2D eigenvalue weighted by Crippen LogP contribution is -2.46. The van der Waals surface area contributed by atoms with Crippen LogP contribution in [0.5, 0.6) is 17.2 Å². The number of primary amides is 1. The lowest BCUT2D eigenvalue weighted by molar-refractivity contribution is -0.122. The predicted molar refractivity (Wildman–Crippen MR) is 154 cm³/mol. The molecule has 0 aliphatic carbocycles. The molecule has 0 bridgehead atoms. The Balaban J connectivity index is 1.61. The molecule has 2 aliphatic rings. The largest absolute Gasteiger partial charge is 0.497 e. The predicted octanol–water partition coefficient (Wildman–Crippen LogP) is 5.61. The molecule has 4 aromatic rings. The van der Waals surface area contributed by atoms with Crippen LogP contribution in [0.1, 0.15) is 43.1 Å². The molecule has 3 aromatic carbocycles. The Labute approximate surface area is 249 Å². The molecule has 8 nitrogen and oxygen atoms in total. The zero-order valence-corrected chi connectivity index (χ0v) is 23.7. The molecule has 11 heteroatoms. The minimum absolute atomic E-state index is 0.00338. The van der Waals surface area contributed by atoms with Gasteiger partial charge in [0.2, 0.25) is 12.7 Å². The van der Waals surface area contributed by atoms with Crippen molar-refractivity contribution in [3.8, 4) is 17.2 Å². The molecule has 2 amide bonds. The van der Waals surface area contributed by atoms with Crippen LogP contribution < -0.4 is 19.9 Å². The maximum absolute atomic E-state index is 14.5. The number of nitrogens with zero attached hydrogens (tertiary/aromatic N) is 1. The van der Waals surface area contributed by atoms with Crippen LogP contribution in [0.25, 0.3) is 0 Å². The van der Waals surface area contributed by atoms with Gasteiger partial charge < -0.3 is 24.8 Å². The van der Waals surface area contributed by atoms with Gasteiger partial charge in [-0.1, -0.05) is 35.9 Å². The SMILES string of the molecule is COc1cccc(C2C(C(=O)c3ccc(Cl)s3)C(c3ccc4c(c3)OCO4)N(C(=O)c3cccc(F)c3)C2C(N)=O)c1. The smallest absolute Gasteiger partial charge is 0.255 e. The summed E-state index contributed by atoms with van der Waals surface area (Å²) in [5, 5.41) is 0. The molecule has 4 atom stereocenters. The van der Waals surface area contributed by atoms with E-state index in [4.69, 9.17) is 31.5 Å². The lowest BCUT2D eigenvalue weighted by Gasteiger charge is -2.31. The van der Waals surface area contributed by atoms with E-state index in [1.807, 2.05) is 0 Å². The number of hydrogen-bond donors (Lipinski definition) is 1. The summed E-state index contributed by atoms with van der Waals surface area (Å²) < 4.78 is 31.3. The van der Waals surface area contributed by atoms with Crippen molar-refractivity contribution in [1.82, 2.24) is 4.90 Å². The van der Waals surface area contributed by atoms with Gasteiger partial charge in [0.1, 0.15) is 17.6 Å². The number of Topliss-reactive ketones (excluding diaryl/α,β-unsaturated/α-hetero) is 1. The number of fused-ring (bicyclic) bond motifs is 1. The minimum atomic E-state index is -1.28. The van der Waals surface area contributed by atoms with Crippen LogP contribution >= 0.6 is 22.9 Å². The third kappa shape index (κ3) is 4.86. The van der Waals surface area contributed by atoms with E-state index in [0.29, 0.717) is 37.6 Å². The third-order valence-electron chi connectivity index (χ3n) is 7.60. The van der Waals surface area contributed by atoms with Crippen LogP contribution in [0.15, 0.2) is 78.9 Å². The van der Waals surface area contributed by atoms with Crippen molar-refractivity contribution in [3.05, 3.63) is 111 Å². The van der Waals surface area contributed by atoms with Gasteiger partial charge in [0.15, 0.2) is 17.3 Å². The Hall–Kier alpha value is -4.41. The Morgan fingerprint density at radius 1 is 0.976 bits per heavy atom. The Kier molecular flexibility index (Phi) is 7.34. The van der Waals surface area contributed by atoms with Gasteiger partial charge in [-0.15, -0.1) is 11.3 Å². The fourth-order valence-corrected chi connectivity index (χ4v) is 6.90. The molecule has 3 heterocycles. The van der Waals surface area contributed by atoms with E-state index in [2.05, 4.69) is 0 Å². The first kappa shape index (κ1) is 27.7. The molecule has 0 saturated carbocycles. The standard InChI is InChI=1S/C31H24ClFN2O6S/c1-39-20-7-3-4-16(13-20)25-26(29(36)23-10-11-24(32)42-23)27(17-8-9-21-22(14-17)41-15-40-21)35(28(25)30(34)37)31(38)18-5-2-6-19(33)12-18/h2-14,25-28H,15H2,1H3,(H2,34,37). The van der Waals surface area contributed by atoms with Crippen molar-refractivity contribution in [2.24, 2.45) is 11.7 Å². The average molecular weight is 607 g/mol. The van der Waals surface area contributed by atoms with E-state index in [0.717, 1.165) is 17.4 Å². The molecule has 2 aliphatic heterocycles. The molecule has 214 valence electrons. The summed E-state index contributed by atoms with van der Waals surface area (Å²) in [4.78, 5) is 43.8. The summed E-state index contributed by atoms with van der Waals surface area (Å²) in [5.74, 6) is -2.90. The fourth-order valence-electron chi connectivity index (χ4n) is 5.87. The maximum Gasteiger partial charge on any atom is 0.255 e. The first-order chi connectivity index (χ1) is 20.3. The van der Waals surface area contributed by atoms with E-state index >= 15 is 0 Å².